The number of nitrogens with zero attached hydrogens (tertiary/aromatic N) is 3. The minimum absolute atomic E-state index is 0.00756. The molecule has 4 aromatic rings. The van der Waals surface area contributed by atoms with E-state index in [1.165, 1.54) is 0 Å². The summed E-state index contributed by atoms with van der Waals surface area (Å²) in [5.41, 5.74) is 5.68. The topological polar surface area (TPSA) is 59.3 Å². The summed E-state index contributed by atoms with van der Waals surface area (Å²) in [4.78, 5) is 17.5. The average Bonchev–Trinajstić information content (AvgIpc) is 2.72. The van der Waals surface area contributed by atoms with Gasteiger partial charge in [-0.2, -0.15) is 5.10 Å². The van der Waals surface area contributed by atoms with E-state index >= 15 is 0 Å². The second kappa shape index (κ2) is 6.36. The highest BCUT2D eigenvalue weighted by Crippen LogP contribution is 2.23. The zero-order valence-corrected chi connectivity index (χ0v) is 14.7. The summed E-state index contributed by atoms with van der Waals surface area (Å²) in [6, 6.07) is 21.8. The molecule has 1 aromatic heterocycles. The SMILES string of the molecule is O=c1c2ccccc2nc2n1CCC/C2=N/Nc1cccc2ccccc12. The Morgan fingerprint density at radius 1 is 0.926 bits per heavy atom. The van der Waals surface area contributed by atoms with Gasteiger partial charge >= 0.3 is 0 Å². The van der Waals surface area contributed by atoms with Crippen LogP contribution in [0.4, 0.5) is 5.69 Å². The smallest absolute Gasteiger partial charge is 0.261 e. The molecule has 5 heteroatoms. The Morgan fingerprint density at radius 2 is 1.70 bits per heavy atom. The fourth-order valence-corrected chi connectivity index (χ4v) is 3.67. The second-order valence-corrected chi connectivity index (χ2v) is 6.71. The number of hydrazone groups is 1. The molecule has 5 nitrogen and oxygen atoms in total. The molecule has 0 spiro atoms. The minimum atomic E-state index is 0.00756. The van der Waals surface area contributed by atoms with Crippen LogP contribution in [0.1, 0.15) is 18.7 Å². The molecule has 1 N–H and O–H groups in total. The van der Waals surface area contributed by atoms with Gasteiger partial charge in [0.1, 0.15) is 5.71 Å². The molecule has 2 heterocycles. The van der Waals surface area contributed by atoms with E-state index < -0.39 is 0 Å². The van der Waals surface area contributed by atoms with Crippen LogP contribution in [-0.2, 0) is 6.54 Å². The molecule has 0 aliphatic carbocycles. The van der Waals surface area contributed by atoms with Crippen LogP contribution in [0.2, 0.25) is 0 Å². The lowest BCUT2D eigenvalue weighted by Gasteiger charge is -2.20. The van der Waals surface area contributed by atoms with Crippen molar-refractivity contribution < 1.29 is 0 Å². The van der Waals surface area contributed by atoms with E-state index in [-0.39, 0.29) is 5.56 Å². The van der Waals surface area contributed by atoms with Crippen LogP contribution >= 0.6 is 0 Å². The number of para-hydroxylation sites is 1. The molecule has 3 aromatic carbocycles. The van der Waals surface area contributed by atoms with E-state index in [1.54, 1.807) is 4.57 Å². The maximum absolute atomic E-state index is 12.8. The van der Waals surface area contributed by atoms with Crippen molar-refractivity contribution in [2.75, 3.05) is 5.43 Å². The van der Waals surface area contributed by atoms with E-state index in [1.807, 2.05) is 48.5 Å². The van der Waals surface area contributed by atoms with E-state index in [2.05, 4.69) is 28.7 Å². The molecular formula is C22H18N4O. The Bertz CT molecular complexity index is 1250. The van der Waals surface area contributed by atoms with Gasteiger partial charge in [0, 0.05) is 11.9 Å². The monoisotopic (exact) mass is 354 g/mol. The summed E-state index contributed by atoms with van der Waals surface area (Å²) >= 11 is 0. The number of rotatable bonds is 2. The van der Waals surface area contributed by atoms with Crippen LogP contribution in [0, 0.1) is 0 Å². The molecule has 5 rings (SSSR count). The van der Waals surface area contributed by atoms with E-state index in [9.17, 15) is 4.79 Å². The van der Waals surface area contributed by atoms with Crippen molar-refractivity contribution in [1.82, 2.24) is 9.55 Å². The van der Waals surface area contributed by atoms with Gasteiger partial charge in [0.25, 0.3) is 5.56 Å². The maximum atomic E-state index is 12.8. The highest BCUT2D eigenvalue weighted by atomic mass is 16.1. The third kappa shape index (κ3) is 2.68. The van der Waals surface area contributed by atoms with E-state index in [4.69, 9.17) is 4.98 Å². The summed E-state index contributed by atoms with van der Waals surface area (Å²) in [6.07, 6.45) is 1.67. The standard InChI is InChI=1S/C22H18N4O/c27-22-17-10-3-4-11-18(17)23-21-20(13-6-14-26(21)22)25-24-19-12-5-8-15-7-1-2-9-16(15)19/h1-5,7-12,24H,6,13-14H2/b25-20-. The van der Waals surface area contributed by atoms with Gasteiger partial charge in [0.2, 0.25) is 0 Å². The molecule has 1 aliphatic rings. The summed E-state index contributed by atoms with van der Waals surface area (Å²) in [6.45, 7) is 0.680. The van der Waals surface area contributed by atoms with Crippen molar-refractivity contribution >= 4 is 33.1 Å². The van der Waals surface area contributed by atoms with E-state index in [0.717, 1.165) is 35.0 Å². The zero-order chi connectivity index (χ0) is 18.2. The van der Waals surface area contributed by atoms with Crippen LogP contribution in [0.3, 0.4) is 0 Å². The first kappa shape index (κ1) is 15.8. The molecule has 0 bridgehead atoms. The van der Waals surface area contributed by atoms with Crippen LogP contribution in [0.15, 0.2) is 76.6 Å². The molecule has 0 saturated carbocycles. The lowest BCUT2D eigenvalue weighted by molar-refractivity contribution is 0.597. The average molecular weight is 354 g/mol. The number of benzene rings is 3. The number of fused-ring (bicyclic) bond motifs is 3. The third-order valence-corrected chi connectivity index (χ3v) is 5.02. The summed E-state index contributed by atoms with van der Waals surface area (Å²) < 4.78 is 1.75. The van der Waals surface area contributed by atoms with Crippen LogP contribution in [0.5, 0.6) is 0 Å². The fraction of sp³-hybridized carbons (Fsp3) is 0.136. The molecule has 0 radical (unpaired) electrons. The quantitative estimate of drug-likeness (QED) is 0.550. The van der Waals surface area contributed by atoms with Gasteiger partial charge in [0.15, 0.2) is 5.82 Å². The molecule has 0 saturated heterocycles. The van der Waals surface area contributed by atoms with E-state index in [0.29, 0.717) is 23.3 Å². The van der Waals surface area contributed by atoms with Gasteiger partial charge in [-0.05, 0) is 36.4 Å². The molecule has 0 amide bonds. The van der Waals surface area contributed by atoms with Gasteiger partial charge in [-0.25, -0.2) is 4.98 Å². The minimum Gasteiger partial charge on any atom is -0.291 e. The van der Waals surface area contributed by atoms with Crippen LogP contribution < -0.4 is 11.0 Å². The van der Waals surface area contributed by atoms with Crippen molar-refractivity contribution in [2.24, 2.45) is 5.10 Å². The summed E-state index contributed by atoms with van der Waals surface area (Å²) in [5, 5.41) is 7.57. The Morgan fingerprint density at radius 3 is 2.63 bits per heavy atom. The largest absolute Gasteiger partial charge is 0.291 e. The highest BCUT2D eigenvalue weighted by molar-refractivity contribution is 6.01. The molecular weight excluding hydrogens is 336 g/mol. The first-order valence-electron chi connectivity index (χ1n) is 9.11. The molecule has 0 unspecified atom stereocenters. The number of aromatic nitrogens is 2. The lowest BCUT2D eigenvalue weighted by atomic mass is 10.1. The molecule has 1 aliphatic heterocycles. The molecule has 27 heavy (non-hydrogen) atoms. The molecule has 0 fully saturated rings. The van der Waals surface area contributed by atoms with Gasteiger partial charge in [-0.15, -0.1) is 0 Å². The Balaban J connectivity index is 1.60. The maximum Gasteiger partial charge on any atom is 0.261 e. The van der Waals surface area contributed by atoms with Crippen molar-refractivity contribution in [3.8, 4) is 0 Å². The second-order valence-electron chi connectivity index (χ2n) is 6.71. The first-order valence-corrected chi connectivity index (χ1v) is 9.11. The summed E-state index contributed by atoms with van der Waals surface area (Å²) in [5.74, 6) is 0.665. The normalized spacial score (nSPS) is 15.2. The Labute approximate surface area is 156 Å². The van der Waals surface area contributed by atoms with Crippen molar-refractivity contribution in [3.63, 3.8) is 0 Å². The third-order valence-electron chi connectivity index (χ3n) is 5.02. The number of hydrogen-bond donors (Lipinski definition) is 1. The van der Waals surface area contributed by atoms with Gasteiger partial charge in [0.05, 0.1) is 16.6 Å². The summed E-state index contributed by atoms with van der Waals surface area (Å²) in [7, 11) is 0. The predicted octanol–water partition coefficient (Wildman–Crippen LogP) is 4.16. The highest BCUT2D eigenvalue weighted by Gasteiger charge is 2.20. The van der Waals surface area contributed by atoms with Crippen molar-refractivity contribution in [1.29, 1.82) is 0 Å². The zero-order valence-electron chi connectivity index (χ0n) is 14.7. The van der Waals surface area contributed by atoms with Crippen LogP contribution in [0.25, 0.3) is 21.7 Å². The fourth-order valence-electron chi connectivity index (χ4n) is 3.67. The Kier molecular flexibility index (Phi) is 3.71. The van der Waals surface area contributed by atoms with Gasteiger partial charge < -0.3 is 0 Å². The van der Waals surface area contributed by atoms with Crippen molar-refractivity contribution in [3.05, 3.63) is 82.9 Å². The predicted molar refractivity (Wildman–Crippen MR) is 109 cm³/mol. The number of hydrogen-bond acceptors (Lipinski definition) is 4. The number of nitrogens with one attached hydrogen (secondary N) is 1. The van der Waals surface area contributed by atoms with Crippen molar-refractivity contribution in [2.45, 2.75) is 19.4 Å². The molecule has 132 valence electrons. The van der Waals surface area contributed by atoms with Crippen LogP contribution in [-0.4, -0.2) is 15.3 Å². The van der Waals surface area contributed by atoms with Gasteiger partial charge in [-0.1, -0.05) is 48.5 Å². The number of anilines is 1. The Hall–Kier alpha value is -3.47. The molecule has 0 atom stereocenters. The lowest BCUT2D eigenvalue weighted by Crippen LogP contribution is -2.32. The first-order chi connectivity index (χ1) is 13.3. The van der Waals surface area contributed by atoms with Gasteiger partial charge in [-0.3, -0.25) is 14.8 Å².